The van der Waals surface area contributed by atoms with Crippen LogP contribution in [0.3, 0.4) is 0 Å². The summed E-state index contributed by atoms with van der Waals surface area (Å²) < 4.78 is 5.31. The molecule has 0 aliphatic rings. The fraction of sp³-hybridized carbons (Fsp3) is 0.692. The molecule has 98 valence electrons. The van der Waals surface area contributed by atoms with Gasteiger partial charge in [-0.25, -0.2) is 0 Å². The van der Waals surface area contributed by atoms with Gasteiger partial charge in [0.25, 0.3) is 0 Å². The molecule has 4 heteroatoms. The normalized spacial score (nSPS) is 15.1. The second-order valence-corrected chi connectivity index (χ2v) is 5.25. The van der Waals surface area contributed by atoms with Crippen LogP contribution in [-0.4, -0.2) is 44.8 Å². The van der Waals surface area contributed by atoms with Crippen molar-refractivity contribution in [2.45, 2.75) is 25.9 Å². The van der Waals surface area contributed by atoms with Crippen LogP contribution in [-0.2, 0) is 4.74 Å². The van der Waals surface area contributed by atoms with Crippen molar-refractivity contribution in [3.8, 4) is 0 Å². The summed E-state index contributed by atoms with van der Waals surface area (Å²) in [5.41, 5.74) is 0. The van der Waals surface area contributed by atoms with Crippen LogP contribution in [0.5, 0.6) is 0 Å². The van der Waals surface area contributed by atoms with Gasteiger partial charge in [0.1, 0.15) is 0 Å². The molecule has 0 bridgehead atoms. The van der Waals surface area contributed by atoms with Crippen LogP contribution in [0.15, 0.2) is 17.5 Å². The van der Waals surface area contributed by atoms with E-state index in [0.717, 1.165) is 19.7 Å². The molecule has 0 aromatic carbocycles. The second-order valence-electron chi connectivity index (χ2n) is 4.27. The first-order chi connectivity index (χ1) is 8.20. The van der Waals surface area contributed by atoms with Gasteiger partial charge in [0.15, 0.2) is 0 Å². The lowest BCUT2D eigenvalue weighted by molar-refractivity contribution is 0.0848. The predicted octanol–water partition coefficient (Wildman–Crippen LogP) is 2.37. The molecule has 1 heterocycles. The van der Waals surface area contributed by atoms with E-state index in [-0.39, 0.29) is 0 Å². The van der Waals surface area contributed by atoms with Crippen molar-refractivity contribution in [2.24, 2.45) is 0 Å². The number of nitrogens with one attached hydrogen (secondary N) is 1. The third-order valence-electron chi connectivity index (χ3n) is 3.13. The Morgan fingerprint density at radius 3 is 2.82 bits per heavy atom. The molecule has 1 aromatic rings. The van der Waals surface area contributed by atoms with E-state index in [1.807, 2.05) is 11.3 Å². The average molecular weight is 256 g/mol. The average Bonchev–Trinajstić information content (AvgIpc) is 2.86. The highest BCUT2D eigenvalue weighted by Crippen LogP contribution is 2.24. The van der Waals surface area contributed by atoms with Gasteiger partial charge in [0, 0.05) is 30.6 Å². The van der Waals surface area contributed by atoms with Gasteiger partial charge in [-0.15, -0.1) is 11.3 Å². The summed E-state index contributed by atoms with van der Waals surface area (Å²) in [4.78, 5) is 3.79. The standard InChI is InChI=1S/C13H24N2OS/c1-5-14-9-12(10-16-4)15(3)11(2)13-7-6-8-17-13/h6-8,11-12,14H,5,9-10H2,1-4H3. The van der Waals surface area contributed by atoms with Crippen molar-refractivity contribution >= 4 is 11.3 Å². The Morgan fingerprint density at radius 1 is 1.53 bits per heavy atom. The van der Waals surface area contributed by atoms with Crippen molar-refractivity contribution in [3.63, 3.8) is 0 Å². The summed E-state index contributed by atoms with van der Waals surface area (Å²) >= 11 is 1.82. The Balaban J connectivity index is 2.59. The van der Waals surface area contributed by atoms with Gasteiger partial charge in [-0.1, -0.05) is 13.0 Å². The third-order valence-corrected chi connectivity index (χ3v) is 4.17. The molecule has 1 N–H and O–H groups in total. The van der Waals surface area contributed by atoms with E-state index < -0.39 is 0 Å². The quantitative estimate of drug-likeness (QED) is 0.773. The lowest BCUT2D eigenvalue weighted by atomic mass is 10.2. The number of rotatable bonds is 8. The van der Waals surface area contributed by atoms with E-state index in [4.69, 9.17) is 4.74 Å². The molecule has 0 saturated heterocycles. The Bertz CT molecular complexity index is 290. The maximum atomic E-state index is 5.31. The summed E-state index contributed by atoms with van der Waals surface area (Å²) in [7, 11) is 3.94. The Labute approximate surface area is 109 Å². The number of nitrogens with zero attached hydrogens (tertiary/aromatic N) is 1. The van der Waals surface area contributed by atoms with Gasteiger partial charge in [-0.05, 0) is 32.0 Å². The summed E-state index contributed by atoms with van der Waals surface area (Å²) in [5, 5.41) is 5.53. The number of likely N-dealkylation sites (N-methyl/N-ethyl adjacent to an activating group) is 2. The summed E-state index contributed by atoms with van der Waals surface area (Å²) in [6, 6.07) is 5.16. The van der Waals surface area contributed by atoms with Gasteiger partial charge in [0.05, 0.1) is 6.61 Å². The maximum absolute atomic E-state index is 5.31. The number of methoxy groups -OCH3 is 1. The lowest BCUT2D eigenvalue weighted by Crippen LogP contribution is -2.44. The third kappa shape index (κ3) is 4.39. The molecule has 0 aliphatic carbocycles. The molecule has 2 atom stereocenters. The zero-order valence-electron chi connectivity index (χ0n) is 11.3. The Morgan fingerprint density at radius 2 is 2.29 bits per heavy atom. The minimum atomic E-state index is 0.414. The van der Waals surface area contributed by atoms with Crippen molar-refractivity contribution in [2.75, 3.05) is 33.9 Å². The molecule has 3 nitrogen and oxygen atoms in total. The molecule has 1 aromatic heterocycles. The van der Waals surface area contributed by atoms with Crippen molar-refractivity contribution in [3.05, 3.63) is 22.4 Å². The Hall–Kier alpha value is -0.420. The van der Waals surface area contributed by atoms with Gasteiger partial charge in [-0.2, -0.15) is 0 Å². The van der Waals surface area contributed by atoms with E-state index in [1.54, 1.807) is 7.11 Å². The van der Waals surface area contributed by atoms with E-state index >= 15 is 0 Å². The number of hydrogen-bond donors (Lipinski definition) is 1. The molecule has 17 heavy (non-hydrogen) atoms. The minimum absolute atomic E-state index is 0.414. The fourth-order valence-corrected chi connectivity index (χ4v) is 2.70. The van der Waals surface area contributed by atoms with Gasteiger partial charge in [-0.3, -0.25) is 4.90 Å². The first kappa shape index (κ1) is 14.6. The molecule has 1 rings (SSSR count). The van der Waals surface area contributed by atoms with Crippen LogP contribution in [0, 0.1) is 0 Å². The molecular weight excluding hydrogens is 232 g/mol. The first-order valence-corrected chi connectivity index (χ1v) is 7.03. The summed E-state index contributed by atoms with van der Waals surface area (Å²) in [5.74, 6) is 0. The fourth-order valence-electron chi connectivity index (χ4n) is 1.87. The molecule has 0 saturated carbocycles. The molecular formula is C13H24N2OS. The molecule has 2 unspecified atom stereocenters. The van der Waals surface area contributed by atoms with E-state index in [9.17, 15) is 0 Å². The van der Waals surface area contributed by atoms with Crippen LogP contribution in [0.1, 0.15) is 24.8 Å². The maximum Gasteiger partial charge on any atom is 0.0630 e. The molecule has 0 radical (unpaired) electrons. The van der Waals surface area contributed by atoms with Crippen molar-refractivity contribution < 1.29 is 4.74 Å². The van der Waals surface area contributed by atoms with Crippen LogP contribution < -0.4 is 5.32 Å². The Kier molecular flexibility index (Phi) is 6.73. The first-order valence-electron chi connectivity index (χ1n) is 6.15. The monoisotopic (exact) mass is 256 g/mol. The second kappa shape index (κ2) is 7.82. The molecule has 0 fully saturated rings. The molecule has 0 aliphatic heterocycles. The predicted molar refractivity (Wildman–Crippen MR) is 74.7 cm³/mol. The lowest BCUT2D eigenvalue weighted by Gasteiger charge is -2.32. The molecule has 0 amide bonds. The smallest absolute Gasteiger partial charge is 0.0630 e. The SMILES string of the molecule is CCNCC(COC)N(C)C(C)c1cccs1. The van der Waals surface area contributed by atoms with Crippen molar-refractivity contribution in [1.82, 2.24) is 10.2 Å². The van der Waals surface area contributed by atoms with E-state index in [2.05, 4.69) is 48.6 Å². The zero-order chi connectivity index (χ0) is 12.7. The van der Waals surface area contributed by atoms with Gasteiger partial charge >= 0.3 is 0 Å². The van der Waals surface area contributed by atoms with Crippen LogP contribution in [0.4, 0.5) is 0 Å². The zero-order valence-corrected chi connectivity index (χ0v) is 12.1. The van der Waals surface area contributed by atoms with Crippen molar-refractivity contribution in [1.29, 1.82) is 0 Å². The summed E-state index contributed by atoms with van der Waals surface area (Å²) in [6.45, 7) is 7.12. The van der Waals surface area contributed by atoms with Gasteiger partial charge in [0.2, 0.25) is 0 Å². The van der Waals surface area contributed by atoms with E-state index in [0.29, 0.717) is 12.1 Å². The summed E-state index contributed by atoms with van der Waals surface area (Å²) in [6.07, 6.45) is 0. The number of ether oxygens (including phenoxy) is 1. The van der Waals surface area contributed by atoms with Crippen LogP contribution >= 0.6 is 11.3 Å². The highest BCUT2D eigenvalue weighted by atomic mass is 32.1. The number of hydrogen-bond acceptors (Lipinski definition) is 4. The van der Waals surface area contributed by atoms with Gasteiger partial charge < -0.3 is 10.1 Å². The highest BCUT2D eigenvalue weighted by molar-refractivity contribution is 7.10. The topological polar surface area (TPSA) is 24.5 Å². The molecule has 0 spiro atoms. The highest BCUT2D eigenvalue weighted by Gasteiger charge is 2.21. The number of thiophene rings is 1. The van der Waals surface area contributed by atoms with E-state index in [1.165, 1.54) is 4.88 Å². The van der Waals surface area contributed by atoms with Crippen LogP contribution in [0.25, 0.3) is 0 Å². The largest absolute Gasteiger partial charge is 0.383 e. The van der Waals surface area contributed by atoms with Crippen LogP contribution in [0.2, 0.25) is 0 Å². The minimum Gasteiger partial charge on any atom is -0.383 e.